The molecule has 1 N–H and O–H groups in total. The van der Waals surface area contributed by atoms with Gasteiger partial charge in [0.1, 0.15) is 11.3 Å². The standard InChI is InChI=1S/C20H15N3O4/c1-26-15-6-7-16-17(11-19(24)27-18(16)10-15)20(25)22-13-2-4-14(5-3-13)23-9-8-21-12-23/h2-12H,1H3,(H,22,25). The fourth-order valence-corrected chi connectivity index (χ4v) is 2.79. The van der Waals surface area contributed by atoms with Gasteiger partial charge in [0, 0.05) is 41.3 Å². The number of fused-ring (bicyclic) bond motifs is 1. The summed E-state index contributed by atoms with van der Waals surface area (Å²) in [6.07, 6.45) is 5.21. The van der Waals surface area contributed by atoms with E-state index < -0.39 is 11.5 Å². The van der Waals surface area contributed by atoms with Gasteiger partial charge in [0.2, 0.25) is 0 Å². The van der Waals surface area contributed by atoms with Crippen molar-refractivity contribution >= 4 is 22.6 Å². The molecule has 0 saturated carbocycles. The van der Waals surface area contributed by atoms with Crippen molar-refractivity contribution in [2.45, 2.75) is 0 Å². The highest BCUT2D eigenvalue weighted by molar-refractivity contribution is 6.12. The van der Waals surface area contributed by atoms with Gasteiger partial charge in [-0.05, 0) is 36.4 Å². The third-order valence-corrected chi connectivity index (χ3v) is 4.12. The molecular formula is C20H15N3O4. The van der Waals surface area contributed by atoms with E-state index in [1.165, 1.54) is 13.2 Å². The molecular weight excluding hydrogens is 346 g/mol. The monoisotopic (exact) mass is 361 g/mol. The molecule has 0 atom stereocenters. The largest absolute Gasteiger partial charge is 0.497 e. The van der Waals surface area contributed by atoms with Crippen molar-refractivity contribution in [1.29, 1.82) is 0 Å². The first-order valence-electron chi connectivity index (χ1n) is 8.16. The Hall–Kier alpha value is -3.87. The van der Waals surface area contributed by atoms with Gasteiger partial charge in [-0.15, -0.1) is 0 Å². The number of carbonyl (C=O) groups is 1. The van der Waals surface area contributed by atoms with Gasteiger partial charge in [-0.25, -0.2) is 9.78 Å². The summed E-state index contributed by atoms with van der Waals surface area (Å²) in [6.45, 7) is 0. The first-order valence-corrected chi connectivity index (χ1v) is 8.16. The fourth-order valence-electron chi connectivity index (χ4n) is 2.79. The minimum atomic E-state index is -0.601. The zero-order valence-electron chi connectivity index (χ0n) is 14.4. The molecule has 0 saturated heterocycles. The fraction of sp³-hybridized carbons (Fsp3) is 0.0500. The summed E-state index contributed by atoms with van der Waals surface area (Å²) in [5.41, 5.74) is 1.46. The Kier molecular flexibility index (Phi) is 4.18. The highest BCUT2D eigenvalue weighted by Crippen LogP contribution is 2.23. The lowest BCUT2D eigenvalue weighted by molar-refractivity contribution is 0.102. The lowest BCUT2D eigenvalue weighted by Gasteiger charge is -2.09. The second kappa shape index (κ2) is 6.80. The Morgan fingerprint density at radius 1 is 1.15 bits per heavy atom. The molecule has 7 heteroatoms. The smallest absolute Gasteiger partial charge is 0.337 e. The molecule has 0 aliphatic rings. The number of methoxy groups -OCH3 is 1. The van der Waals surface area contributed by atoms with Crippen molar-refractivity contribution in [1.82, 2.24) is 9.55 Å². The minimum absolute atomic E-state index is 0.239. The van der Waals surface area contributed by atoms with Crippen LogP contribution in [0.5, 0.6) is 5.75 Å². The highest BCUT2D eigenvalue weighted by atomic mass is 16.5. The molecule has 1 amide bonds. The van der Waals surface area contributed by atoms with Crippen molar-refractivity contribution in [3.8, 4) is 11.4 Å². The number of aromatic nitrogens is 2. The van der Waals surface area contributed by atoms with Gasteiger partial charge in [0.25, 0.3) is 5.91 Å². The molecule has 2 aromatic carbocycles. The third-order valence-electron chi connectivity index (χ3n) is 4.12. The third kappa shape index (κ3) is 3.30. The van der Waals surface area contributed by atoms with E-state index in [0.29, 0.717) is 22.4 Å². The van der Waals surface area contributed by atoms with E-state index in [4.69, 9.17) is 9.15 Å². The zero-order chi connectivity index (χ0) is 18.8. The average Bonchev–Trinajstić information content (AvgIpc) is 3.22. The molecule has 0 bridgehead atoms. The van der Waals surface area contributed by atoms with Gasteiger partial charge < -0.3 is 19.0 Å². The molecule has 0 unspecified atom stereocenters. The van der Waals surface area contributed by atoms with Crippen LogP contribution in [0.4, 0.5) is 5.69 Å². The van der Waals surface area contributed by atoms with Crippen LogP contribution in [0.25, 0.3) is 16.7 Å². The van der Waals surface area contributed by atoms with Gasteiger partial charge in [-0.1, -0.05) is 0 Å². The van der Waals surface area contributed by atoms with E-state index >= 15 is 0 Å². The van der Waals surface area contributed by atoms with E-state index in [9.17, 15) is 9.59 Å². The number of anilines is 1. The van der Waals surface area contributed by atoms with Gasteiger partial charge >= 0.3 is 5.63 Å². The number of nitrogens with one attached hydrogen (secondary N) is 1. The molecule has 134 valence electrons. The van der Waals surface area contributed by atoms with Crippen LogP contribution in [-0.4, -0.2) is 22.6 Å². The van der Waals surface area contributed by atoms with Crippen LogP contribution in [0.3, 0.4) is 0 Å². The summed E-state index contributed by atoms with van der Waals surface area (Å²) in [5, 5.41) is 3.33. The lowest BCUT2D eigenvalue weighted by atomic mass is 10.1. The Labute approximate surface area is 153 Å². The number of carbonyl (C=O) groups excluding carboxylic acids is 1. The van der Waals surface area contributed by atoms with Crippen molar-refractivity contribution in [2.24, 2.45) is 0 Å². The molecule has 0 radical (unpaired) electrons. The molecule has 27 heavy (non-hydrogen) atoms. The van der Waals surface area contributed by atoms with Crippen LogP contribution in [0.2, 0.25) is 0 Å². The van der Waals surface area contributed by atoms with Gasteiger partial charge in [-0.3, -0.25) is 4.79 Å². The zero-order valence-corrected chi connectivity index (χ0v) is 14.4. The molecule has 0 fully saturated rings. The van der Waals surface area contributed by atoms with E-state index in [-0.39, 0.29) is 5.56 Å². The first-order chi connectivity index (χ1) is 13.1. The van der Waals surface area contributed by atoms with Crippen LogP contribution in [-0.2, 0) is 0 Å². The Morgan fingerprint density at radius 3 is 2.67 bits per heavy atom. The predicted molar refractivity (Wildman–Crippen MR) is 101 cm³/mol. The topological polar surface area (TPSA) is 86.4 Å². The molecule has 0 aliphatic heterocycles. The second-order valence-electron chi connectivity index (χ2n) is 5.81. The van der Waals surface area contributed by atoms with Crippen LogP contribution >= 0.6 is 0 Å². The van der Waals surface area contributed by atoms with Crippen molar-refractivity contribution in [2.75, 3.05) is 12.4 Å². The number of nitrogens with zero attached hydrogens (tertiary/aromatic N) is 2. The van der Waals surface area contributed by atoms with Crippen molar-refractivity contribution in [3.05, 3.63) is 83.2 Å². The highest BCUT2D eigenvalue weighted by Gasteiger charge is 2.14. The van der Waals surface area contributed by atoms with Crippen LogP contribution in [0.15, 0.2) is 76.5 Å². The van der Waals surface area contributed by atoms with E-state index in [0.717, 1.165) is 5.69 Å². The van der Waals surface area contributed by atoms with Gasteiger partial charge in [-0.2, -0.15) is 0 Å². The molecule has 0 spiro atoms. The van der Waals surface area contributed by atoms with Crippen molar-refractivity contribution in [3.63, 3.8) is 0 Å². The number of rotatable bonds is 4. The maximum absolute atomic E-state index is 12.7. The molecule has 4 aromatic rings. The SMILES string of the molecule is COc1ccc2c(C(=O)Nc3ccc(-n4ccnc4)cc3)cc(=O)oc2c1. The maximum Gasteiger partial charge on any atom is 0.337 e. The second-order valence-corrected chi connectivity index (χ2v) is 5.81. The summed E-state index contributed by atoms with van der Waals surface area (Å²) in [5.74, 6) is 0.145. The Balaban J connectivity index is 1.64. The normalized spacial score (nSPS) is 10.7. The average molecular weight is 361 g/mol. The van der Waals surface area contributed by atoms with E-state index in [1.54, 1.807) is 42.9 Å². The van der Waals surface area contributed by atoms with Crippen molar-refractivity contribution < 1.29 is 13.9 Å². The number of benzene rings is 2. The number of imidazole rings is 1. The molecule has 2 aromatic heterocycles. The van der Waals surface area contributed by atoms with Crippen LogP contribution < -0.4 is 15.7 Å². The summed E-state index contributed by atoms with van der Waals surface area (Å²) in [7, 11) is 1.52. The quantitative estimate of drug-likeness (QED) is 0.564. The molecule has 0 aliphatic carbocycles. The number of ether oxygens (including phenoxy) is 1. The van der Waals surface area contributed by atoms with Crippen LogP contribution in [0.1, 0.15) is 10.4 Å². The number of hydrogen-bond acceptors (Lipinski definition) is 5. The summed E-state index contributed by atoms with van der Waals surface area (Å²) in [4.78, 5) is 28.6. The first kappa shape index (κ1) is 16.6. The minimum Gasteiger partial charge on any atom is -0.497 e. The Morgan fingerprint density at radius 2 is 1.96 bits per heavy atom. The summed E-state index contributed by atoms with van der Waals surface area (Å²) in [6, 6.07) is 13.4. The summed E-state index contributed by atoms with van der Waals surface area (Å²) >= 11 is 0. The molecule has 2 heterocycles. The van der Waals surface area contributed by atoms with Gasteiger partial charge in [0.15, 0.2) is 0 Å². The van der Waals surface area contributed by atoms with Gasteiger partial charge in [0.05, 0.1) is 19.0 Å². The number of amides is 1. The Bertz CT molecular complexity index is 1160. The van der Waals surface area contributed by atoms with E-state index in [2.05, 4.69) is 10.3 Å². The molecule has 4 rings (SSSR count). The predicted octanol–water partition coefficient (Wildman–Crippen LogP) is 3.24. The molecule has 7 nitrogen and oxygen atoms in total. The number of hydrogen-bond donors (Lipinski definition) is 1. The van der Waals surface area contributed by atoms with E-state index in [1.807, 2.05) is 22.9 Å². The maximum atomic E-state index is 12.7. The lowest BCUT2D eigenvalue weighted by Crippen LogP contribution is -2.15. The van der Waals surface area contributed by atoms with Crippen LogP contribution in [0, 0.1) is 0 Å². The summed E-state index contributed by atoms with van der Waals surface area (Å²) < 4.78 is 12.2.